The van der Waals surface area contributed by atoms with Crippen molar-refractivity contribution in [3.05, 3.63) is 88.0 Å². The number of nitro groups is 1. The number of hydrogen-bond acceptors (Lipinski definition) is 8. The predicted octanol–water partition coefficient (Wildman–Crippen LogP) is 2.70. The first-order valence-electron chi connectivity index (χ1n) is 10.4. The summed E-state index contributed by atoms with van der Waals surface area (Å²) in [7, 11) is 2.85. The topological polar surface area (TPSA) is 158 Å². The minimum absolute atomic E-state index is 0.00257. The molecule has 0 aliphatic carbocycles. The number of nitrogens with zero attached hydrogens (tertiary/aromatic N) is 1. The van der Waals surface area contributed by atoms with E-state index in [0.717, 1.165) is 6.07 Å². The molecule has 0 atom stereocenters. The van der Waals surface area contributed by atoms with Gasteiger partial charge >= 0.3 is 0 Å². The lowest BCUT2D eigenvalue weighted by molar-refractivity contribution is -0.384. The highest BCUT2D eigenvalue weighted by atomic mass is 16.6. The van der Waals surface area contributed by atoms with Crippen LogP contribution < -0.4 is 30.4 Å². The summed E-state index contributed by atoms with van der Waals surface area (Å²) < 4.78 is 16.0. The average Bonchev–Trinajstić information content (AvgIpc) is 2.90. The van der Waals surface area contributed by atoms with Crippen molar-refractivity contribution in [1.82, 2.24) is 10.9 Å². The fraction of sp³-hybridized carbons (Fsp3) is 0.125. The molecule has 0 bridgehead atoms. The number of rotatable bonds is 9. The van der Waals surface area contributed by atoms with Gasteiger partial charge in [0.1, 0.15) is 5.75 Å². The number of carbonyl (C=O) groups excluding carboxylic acids is 3. The maximum atomic E-state index is 12.5. The standard InChI is InChI=1S/C24H22N4O8/c1-34-19-9-4-3-8-18(19)25-22(29)14-36-20-11-10-16(13-21(20)35-2)24(31)27-26-23(30)15-6-5-7-17(12-15)28(32)33/h3-13H,14H2,1-2H3,(H,25,29)(H,26,30)(H,27,31). The highest BCUT2D eigenvalue weighted by molar-refractivity contribution is 5.99. The van der Waals surface area contributed by atoms with Crippen molar-refractivity contribution in [2.24, 2.45) is 0 Å². The van der Waals surface area contributed by atoms with Crippen LogP contribution in [0.15, 0.2) is 66.7 Å². The number of ether oxygens (including phenoxy) is 3. The first kappa shape index (κ1) is 25.5. The zero-order valence-corrected chi connectivity index (χ0v) is 19.3. The van der Waals surface area contributed by atoms with Gasteiger partial charge < -0.3 is 19.5 Å². The number of amides is 3. The number of methoxy groups -OCH3 is 2. The molecule has 3 amide bonds. The number of nitrogens with one attached hydrogen (secondary N) is 3. The van der Waals surface area contributed by atoms with Gasteiger partial charge in [-0.1, -0.05) is 18.2 Å². The van der Waals surface area contributed by atoms with Gasteiger partial charge in [-0.3, -0.25) is 35.3 Å². The Labute approximate surface area is 205 Å². The number of non-ortho nitro benzene ring substituents is 1. The van der Waals surface area contributed by atoms with E-state index in [0.29, 0.717) is 11.4 Å². The van der Waals surface area contributed by atoms with E-state index < -0.39 is 22.6 Å². The normalized spacial score (nSPS) is 10.1. The van der Waals surface area contributed by atoms with Crippen molar-refractivity contribution in [3.8, 4) is 17.2 Å². The summed E-state index contributed by atoms with van der Waals surface area (Å²) in [5.41, 5.74) is 4.76. The highest BCUT2D eigenvalue weighted by Crippen LogP contribution is 2.28. The molecule has 36 heavy (non-hydrogen) atoms. The van der Waals surface area contributed by atoms with Crippen molar-refractivity contribution in [2.45, 2.75) is 0 Å². The van der Waals surface area contributed by atoms with E-state index in [1.54, 1.807) is 24.3 Å². The number of benzene rings is 3. The smallest absolute Gasteiger partial charge is 0.270 e. The van der Waals surface area contributed by atoms with Crippen molar-refractivity contribution in [3.63, 3.8) is 0 Å². The van der Waals surface area contributed by atoms with Gasteiger partial charge in [0.05, 0.1) is 24.8 Å². The summed E-state index contributed by atoms with van der Waals surface area (Å²) in [6, 6.07) is 16.2. The van der Waals surface area contributed by atoms with Crippen molar-refractivity contribution < 1.29 is 33.5 Å². The van der Waals surface area contributed by atoms with Gasteiger partial charge in [0.25, 0.3) is 23.4 Å². The zero-order chi connectivity index (χ0) is 26.1. The first-order valence-corrected chi connectivity index (χ1v) is 10.4. The van der Waals surface area contributed by atoms with E-state index in [9.17, 15) is 24.5 Å². The van der Waals surface area contributed by atoms with E-state index in [4.69, 9.17) is 14.2 Å². The molecule has 0 aliphatic heterocycles. The number of carbonyl (C=O) groups is 3. The molecule has 0 aliphatic rings. The van der Waals surface area contributed by atoms with Gasteiger partial charge in [-0.2, -0.15) is 0 Å². The molecule has 0 heterocycles. The van der Waals surface area contributed by atoms with Crippen LogP contribution in [0.3, 0.4) is 0 Å². The van der Waals surface area contributed by atoms with Gasteiger partial charge in [0.2, 0.25) is 0 Å². The molecule has 3 rings (SSSR count). The van der Waals surface area contributed by atoms with E-state index in [-0.39, 0.29) is 34.9 Å². The minimum atomic E-state index is -0.736. The molecular weight excluding hydrogens is 472 g/mol. The van der Waals surface area contributed by atoms with Crippen molar-refractivity contribution >= 4 is 29.1 Å². The summed E-state index contributed by atoms with van der Waals surface area (Å²) in [4.78, 5) is 47.2. The third-order valence-electron chi connectivity index (χ3n) is 4.77. The zero-order valence-electron chi connectivity index (χ0n) is 19.3. The molecule has 0 saturated carbocycles. The van der Waals surface area contributed by atoms with Crippen LogP contribution >= 0.6 is 0 Å². The Bertz CT molecular complexity index is 1290. The molecule has 0 unspecified atom stereocenters. The molecule has 0 saturated heterocycles. The fourth-order valence-corrected chi connectivity index (χ4v) is 3.02. The van der Waals surface area contributed by atoms with E-state index in [1.807, 2.05) is 0 Å². The first-order chi connectivity index (χ1) is 17.3. The van der Waals surface area contributed by atoms with Gasteiger partial charge in [0.15, 0.2) is 18.1 Å². The molecule has 186 valence electrons. The van der Waals surface area contributed by atoms with Gasteiger partial charge in [-0.15, -0.1) is 0 Å². The Morgan fingerprint density at radius 3 is 2.14 bits per heavy atom. The molecular formula is C24H22N4O8. The van der Waals surface area contributed by atoms with E-state index in [1.165, 1.54) is 50.6 Å². The molecule has 12 heteroatoms. The van der Waals surface area contributed by atoms with E-state index >= 15 is 0 Å². The molecule has 3 N–H and O–H groups in total. The fourth-order valence-electron chi connectivity index (χ4n) is 3.02. The molecule has 0 spiro atoms. The summed E-state index contributed by atoms with van der Waals surface area (Å²) in [5.74, 6) is -0.959. The van der Waals surface area contributed by atoms with Crippen LogP contribution in [-0.2, 0) is 4.79 Å². The van der Waals surface area contributed by atoms with E-state index in [2.05, 4.69) is 16.2 Å². The Morgan fingerprint density at radius 2 is 1.47 bits per heavy atom. The van der Waals surface area contributed by atoms with Crippen LogP contribution in [0.5, 0.6) is 17.2 Å². The van der Waals surface area contributed by atoms with Crippen LogP contribution in [0.4, 0.5) is 11.4 Å². The summed E-state index contributed by atoms with van der Waals surface area (Å²) >= 11 is 0. The largest absolute Gasteiger partial charge is 0.495 e. The minimum Gasteiger partial charge on any atom is -0.495 e. The van der Waals surface area contributed by atoms with Crippen LogP contribution in [-0.4, -0.2) is 43.5 Å². The third kappa shape index (κ3) is 6.47. The lowest BCUT2D eigenvalue weighted by atomic mass is 10.2. The lowest BCUT2D eigenvalue weighted by Gasteiger charge is -2.13. The monoisotopic (exact) mass is 494 g/mol. The molecule has 3 aromatic carbocycles. The second kappa shape index (κ2) is 11.8. The maximum absolute atomic E-state index is 12.5. The number of anilines is 1. The number of nitro benzene ring substituents is 1. The molecule has 0 radical (unpaired) electrons. The molecule has 12 nitrogen and oxygen atoms in total. The Hall–Kier alpha value is -5.13. The molecule has 3 aromatic rings. The quantitative estimate of drug-likeness (QED) is 0.303. The molecule has 0 aromatic heterocycles. The summed E-state index contributed by atoms with van der Waals surface area (Å²) in [5, 5.41) is 13.5. The second-order valence-electron chi connectivity index (χ2n) is 7.12. The van der Waals surface area contributed by atoms with Gasteiger partial charge in [-0.05, 0) is 36.4 Å². The van der Waals surface area contributed by atoms with Crippen LogP contribution in [0.1, 0.15) is 20.7 Å². The van der Waals surface area contributed by atoms with Gasteiger partial charge in [-0.25, -0.2) is 0 Å². The maximum Gasteiger partial charge on any atom is 0.270 e. The number of hydrogen-bond donors (Lipinski definition) is 3. The lowest BCUT2D eigenvalue weighted by Crippen LogP contribution is -2.41. The highest BCUT2D eigenvalue weighted by Gasteiger charge is 2.16. The van der Waals surface area contributed by atoms with Crippen LogP contribution in [0.25, 0.3) is 0 Å². The molecule has 0 fully saturated rings. The van der Waals surface area contributed by atoms with Crippen molar-refractivity contribution in [2.75, 3.05) is 26.1 Å². The Balaban J connectivity index is 1.59. The van der Waals surface area contributed by atoms with Crippen LogP contribution in [0.2, 0.25) is 0 Å². The van der Waals surface area contributed by atoms with Crippen LogP contribution in [0, 0.1) is 10.1 Å². The number of hydrazine groups is 1. The Morgan fingerprint density at radius 1 is 0.806 bits per heavy atom. The van der Waals surface area contributed by atoms with Crippen molar-refractivity contribution in [1.29, 1.82) is 0 Å². The third-order valence-corrected chi connectivity index (χ3v) is 4.77. The predicted molar refractivity (Wildman–Crippen MR) is 128 cm³/mol. The Kier molecular flexibility index (Phi) is 8.38. The SMILES string of the molecule is COc1ccccc1NC(=O)COc1ccc(C(=O)NNC(=O)c2cccc([N+](=O)[O-])c2)cc1OC. The number of para-hydroxylation sites is 2. The van der Waals surface area contributed by atoms with Gasteiger partial charge in [0, 0.05) is 23.3 Å². The average molecular weight is 494 g/mol. The summed E-state index contributed by atoms with van der Waals surface area (Å²) in [6.07, 6.45) is 0. The second-order valence-corrected chi connectivity index (χ2v) is 7.12. The summed E-state index contributed by atoms with van der Waals surface area (Å²) in [6.45, 7) is -0.334.